The zero-order valence-electron chi connectivity index (χ0n) is 9.30. The van der Waals surface area contributed by atoms with E-state index >= 15 is 0 Å². The van der Waals surface area contributed by atoms with Crippen LogP contribution in [0, 0.1) is 0 Å². The molecule has 1 aromatic carbocycles. The molecule has 0 N–H and O–H groups in total. The van der Waals surface area contributed by atoms with Crippen LogP contribution in [0.1, 0.15) is 11.1 Å². The Bertz CT molecular complexity index is 418. The van der Waals surface area contributed by atoms with E-state index < -0.39 is 8.32 Å². The molecule has 0 spiro atoms. The number of benzene rings is 1. The van der Waals surface area contributed by atoms with Gasteiger partial charge < -0.3 is 4.43 Å². The van der Waals surface area contributed by atoms with Gasteiger partial charge in [-0.05, 0) is 25.2 Å². The largest absolute Gasteiger partial charge is 0.542 e. The smallest absolute Gasteiger partial charge is 0.242 e. The molecule has 1 aliphatic rings. The predicted molar refractivity (Wildman–Crippen MR) is 62.6 cm³/mol. The van der Waals surface area contributed by atoms with Crippen molar-refractivity contribution in [3.8, 4) is 0 Å². The summed E-state index contributed by atoms with van der Waals surface area (Å²) in [6, 6.07) is 7.74. The van der Waals surface area contributed by atoms with Gasteiger partial charge >= 0.3 is 0 Å². The zero-order chi connectivity index (χ0) is 11.1. The number of hydrogen-bond acceptors (Lipinski definition) is 1. The van der Waals surface area contributed by atoms with Crippen LogP contribution in [-0.4, -0.2) is 8.32 Å². The van der Waals surface area contributed by atoms with Crippen LogP contribution in [0.5, 0.6) is 0 Å². The van der Waals surface area contributed by atoms with E-state index in [9.17, 15) is 4.39 Å². The van der Waals surface area contributed by atoms with Crippen LogP contribution in [0.2, 0.25) is 19.6 Å². The van der Waals surface area contributed by atoms with Gasteiger partial charge in [-0.2, -0.15) is 0 Å². The molecule has 0 aromatic heterocycles. The summed E-state index contributed by atoms with van der Waals surface area (Å²) in [6.07, 6.45) is 0.385. The molecule has 0 radical (unpaired) electrons. The van der Waals surface area contributed by atoms with Gasteiger partial charge in [0.2, 0.25) is 8.32 Å². The van der Waals surface area contributed by atoms with Gasteiger partial charge in [-0.15, -0.1) is 0 Å². The molecular formula is C12H15FOSi. The number of fused-ring (bicyclic) bond motifs is 1. The molecule has 0 unspecified atom stereocenters. The van der Waals surface area contributed by atoms with Crippen molar-refractivity contribution in [2.75, 3.05) is 0 Å². The molecule has 15 heavy (non-hydrogen) atoms. The molecule has 3 heteroatoms. The van der Waals surface area contributed by atoms with Gasteiger partial charge in [0.25, 0.3) is 0 Å². The molecule has 0 saturated carbocycles. The summed E-state index contributed by atoms with van der Waals surface area (Å²) in [4.78, 5) is 0. The average molecular weight is 222 g/mol. The minimum atomic E-state index is -1.73. The zero-order valence-corrected chi connectivity index (χ0v) is 10.3. The molecule has 0 aliphatic heterocycles. The molecule has 2 rings (SSSR count). The minimum Gasteiger partial charge on any atom is -0.542 e. The molecule has 0 atom stereocenters. The van der Waals surface area contributed by atoms with Crippen molar-refractivity contribution < 1.29 is 8.82 Å². The standard InChI is InChI=1S/C12H15FOSi/c1-15(2,3)14-12-10-7-5-4-6-9(10)8-11(12)13/h4-7H,8H2,1-3H3. The second kappa shape index (κ2) is 3.49. The fourth-order valence-corrected chi connectivity index (χ4v) is 2.54. The Labute approximate surface area is 90.7 Å². The number of hydrogen-bond donors (Lipinski definition) is 0. The van der Waals surface area contributed by atoms with Gasteiger partial charge in [0, 0.05) is 12.0 Å². The third kappa shape index (κ3) is 2.12. The first-order valence-corrected chi connectivity index (χ1v) is 8.54. The number of rotatable bonds is 2. The molecule has 0 saturated heterocycles. The van der Waals surface area contributed by atoms with Crippen LogP contribution >= 0.6 is 0 Å². The minimum absolute atomic E-state index is 0.126. The topological polar surface area (TPSA) is 9.23 Å². The van der Waals surface area contributed by atoms with E-state index in [-0.39, 0.29) is 5.83 Å². The first kappa shape index (κ1) is 10.4. The first-order valence-electron chi connectivity index (χ1n) is 5.13. The van der Waals surface area contributed by atoms with Crippen LogP contribution in [0.25, 0.3) is 5.76 Å². The third-order valence-electron chi connectivity index (χ3n) is 2.26. The third-order valence-corrected chi connectivity index (χ3v) is 3.08. The van der Waals surface area contributed by atoms with Crippen molar-refractivity contribution in [3.05, 3.63) is 41.2 Å². The van der Waals surface area contributed by atoms with Crippen molar-refractivity contribution in [2.45, 2.75) is 26.1 Å². The maximum Gasteiger partial charge on any atom is 0.242 e. The molecule has 1 nitrogen and oxygen atoms in total. The van der Waals surface area contributed by atoms with Crippen LogP contribution < -0.4 is 0 Å². The van der Waals surface area contributed by atoms with E-state index in [0.717, 1.165) is 11.1 Å². The fourth-order valence-electron chi connectivity index (χ4n) is 1.71. The van der Waals surface area contributed by atoms with Gasteiger partial charge in [-0.1, -0.05) is 24.3 Å². The quantitative estimate of drug-likeness (QED) is 0.693. The summed E-state index contributed by atoms with van der Waals surface area (Å²) < 4.78 is 19.5. The van der Waals surface area contributed by atoms with Crippen molar-refractivity contribution in [3.63, 3.8) is 0 Å². The Morgan fingerprint density at radius 2 is 1.87 bits per heavy atom. The fraction of sp³-hybridized carbons (Fsp3) is 0.333. The SMILES string of the molecule is C[Si](C)(C)OC1=C(F)Cc2ccccc21. The lowest BCUT2D eigenvalue weighted by Crippen LogP contribution is -2.24. The van der Waals surface area contributed by atoms with Crippen LogP contribution in [0.3, 0.4) is 0 Å². The summed E-state index contributed by atoms with van der Waals surface area (Å²) in [6.45, 7) is 6.19. The molecule has 1 aliphatic carbocycles. The van der Waals surface area contributed by atoms with Crippen molar-refractivity contribution in [1.82, 2.24) is 0 Å². The Morgan fingerprint density at radius 3 is 2.53 bits per heavy atom. The van der Waals surface area contributed by atoms with Gasteiger partial charge in [0.05, 0.1) is 0 Å². The van der Waals surface area contributed by atoms with E-state index in [0.29, 0.717) is 12.2 Å². The van der Waals surface area contributed by atoms with E-state index in [2.05, 4.69) is 19.6 Å². The molecular weight excluding hydrogens is 207 g/mol. The van der Waals surface area contributed by atoms with Crippen LogP contribution in [0.4, 0.5) is 4.39 Å². The van der Waals surface area contributed by atoms with E-state index in [1.54, 1.807) is 0 Å². The second-order valence-corrected chi connectivity index (χ2v) is 9.21. The van der Waals surface area contributed by atoms with Crippen molar-refractivity contribution in [1.29, 1.82) is 0 Å². The Balaban J connectivity index is 2.36. The van der Waals surface area contributed by atoms with Gasteiger partial charge in [0.15, 0.2) is 0 Å². The lowest BCUT2D eigenvalue weighted by atomic mass is 10.1. The Kier molecular flexibility index (Phi) is 2.42. The highest BCUT2D eigenvalue weighted by molar-refractivity contribution is 6.70. The monoisotopic (exact) mass is 222 g/mol. The second-order valence-electron chi connectivity index (χ2n) is 4.78. The molecule has 80 valence electrons. The summed E-state index contributed by atoms with van der Waals surface area (Å²) in [5.74, 6) is 0.350. The highest BCUT2D eigenvalue weighted by Crippen LogP contribution is 2.35. The van der Waals surface area contributed by atoms with Gasteiger partial charge in [0.1, 0.15) is 11.6 Å². The highest BCUT2D eigenvalue weighted by Gasteiger charge is 2.27. The molecule has 0 heterocycles. The van der Waals surface area contributed by atoms with E-state index in [1.807, 2.05) is 24.3 Å². The Hall–Kier alpha value is -1.09. The molecule has 0 amide bonds. The molecule has 0 bridgehead atoms. The normalized spacial score (nSPS) is 15.5. The van der Waals surface area contributed by atoms with Crippen molar-refractivity contribution in [2.24, 2.45) is 0 Å². The maximum atomic E-state index is 13.7. The predicted octanol–water partition coefficient (Wildman–Crippen LogP) is 3.73. The number of halogens is 1. The lowest BCUT2D eigenvalue weighted by Gasteiger charge is -2.20. The molecule has 1 aromatic rings. The van der Waals surface area contributed by atoms with Crippen LogP contribution in [-0.2, 0) is 10.8 Å². The summed E-state index contributed by atoms with van der Waals surface area (Å²) in [7, 11) is -1.73. The van der Waals surface area contributed by atoms with Gasteiger partial charge in [-0.3, -0.25) is 0 Å². The van der Waals surface area contributed by atoms with E-state index in [1.165, 1.54) is 0 Å². The van der Waals surface area contributed by atoms with Crippen LogP contribution in [0.15, 0.2) is 30.1 Å². The summed E-state index contributed by atoms with van der Waals surface area (Å²) in [5, 5.41) is 0. The Morgan fingerprint density at radius 1 is 1.20 bits per heavy atom. The highest BCUT2D eigenvalue weighted by atomic mass is 28.4. The number of allylic oxidation sites excluding steroid dienone is 1. The molecule has 0 fully saturated rings. The summed E-state index contributed by atoms with van der Waals surface area (Å²) >= 11 is 0. The van der Waals surface area contributed by atoms with Crippen molar-refractivity contribution >= 4 is 14.1 Å². The maximum absolute atomic E-state index is 13.7. The average Bonchev–Trinajstić information content (AvgIpc) is 2.41. The summed E-state index contributed by atoms with van der Waals surface area (Å²) in [5.41, 5.74) is 1.96. The first-order chi connectivity index (χ1) is 6.97. The van der Waals surface area contributed by atoms with Gasteiger partial charge in [-0.25, -0.2) is 4.39 Å². The van der Waals surface area contributed by atoms with E-state index in [4.69, 9.17) is 4.43 Å². The lowest BCUT2D eigenvalue weighted by molar-refractivity contribution is 0.486.